The molecular formula is C68H115N21O19. The highest BCUT2D eigenvalue weighted by Gasteiger charge is 2.39. The average Bonchev–Trinajstić information content (AvgIpc) is 0.924. The van der Waals surface area contributed by atoms with Crippen LogP contribution in [0.5, 0.6) is 0 Å². The molecule has 0 aromatic carbocycles. The first kappa shape index (κ1) is 93.5. The van der Waals surface area contributed by atoms with Crippen LogP contribution in [0.4, 0.5) is 0 Å². The van der Waals surface area contributed by atoms with E-state index in [0.717, 1.165) is 6.92 Å². The number of carbonyl (C=O) groups is 17. The Labute approximate surface area is 627 Å². The molecule has 1 saturated heterocycles. The number of primary amides is 2. The summed E-state index contributed by atoms with van der Waals surface area (Å²) in [6.45, 7) is 13.3. The van der Waals surface area contributed by atoms with Crippen LogP contribution in [0.25, 0.3) is 0 Å². The van der Waals surface area contributed by atoms with Crippen LogP contribution in [0.15, 0.2) is 17.5 Å². The molecule has 108 heavy (non-hydrogen) atoms. The molecule has 0 saturated carbocycles. The number of carbonyl (C=O) groups excluding carboxylic acids is 15. The van der Waals surface area contributed by atoms with Crippen LogP contribution in [0.2, 0.25) is 0 Å². The molecule has 606 valence electrons. The quantitative estimate of drug-likeness (QED) is 0.0165. The van der Waals surface area contributed by atoms with E-state index in [9.17, 15) is 91.7 Å². The molecule has 15 amide bonds. The van der Waals surface area contributed by atoms with E-state index >= 15 is 0 Å². The van der Waals surface area contributed by atoms with Crippen molar-refractivity contribution in [1.29, 1.82) is 0 Å². The number of nitrogens with two attached hydrogens (primary N) is 5. The van der Waals surface area contributed by atoms with Crippen molar-refractivity contribution in [3.8, 4) is 0 Å². The molecule has 0 aliphatic carbocycles. The highest BCUT2D eigenvalue weighted by molar-refractivity contribution is 6.01. The van der Waals surface area contributed by atoms with Gasteiger partial charge in [-0.3, -0.25) is 86.5 Å². The number of nitrogens with zero attached hydrogens (tertiary/aromatic N) is 2. The molecule has 0 bridgehead atoms. The third-order valence-electron chi connectivity index (χ3n) is 17.8. The number of aromatic amines is 1. The number of hydrogen-bond donors (Lipinski definition) is 21. The summed E-state index contributed by atoms with van der Waals surface area (Å²) in [5.74, 6) is -18.8. The van der Waals surface area contributed by atoms with Gasteiger partial charge >= 0.3 is 11.9 Å². The first-order valence-electron chi connectivity index (χ1n) is 36.6. The number of imidazole rings is 1. The third kappa shape index (κ3) is 35.7. The van der Waals surface area contributed by atoms with Gasteiger partial charge in [0.05, 0.1) is 19.2 Å². The van der Waals surface area contributed by atoms with E-state index in [1.54, 1.807) is 48.5 Å². The van der Waals surface area contributed by atoms with Crippen molar-refractivity contribution in [3.63, 3.8) is 0 Å². The molecule has 1 aliphatic heterocycles. The lowest BCUT2D eigenvalue weighted by atomic mass is 9.94. The second kappa shape index (κ2) is 49.3. The third-order valence-corrected chi connectivity index (χ3v) is 17.8. The second-order valence-electron chi connectivity index (χ2n) is 27.3. The van der Waals surface area contributed by atoms with E-state index < -0.39 is 205 Å². The summed E-state index contributed by atoms with van der Waals surface area (Å²) in [5, 5.41) is 52.4. The number of nitrogens with one attached hydrogen (secondary N) is 14. The molecule has 2 heterocycles. The van der Waals surface area contributed by atoms with Crippen LogP contribution >= 0.6 is 0 Å². The molecule has 1 aromatic rings. The standard InChI is InChI=1S/C68H115N21O19/c1-9-12-18-40(57(98)83-45(23-25-52(93)94)62(103)89-55(37(7)11-3)67(108)88-54(56(71)97)36(6)10-2)80-63(104)46(29-35(4)5)84-59(100)41(19-13-15-26-69)79-58(99)43(21-17-28-76-68(72)73)82-65(106)48(31-50(70)91)86-60(101)42-20-14-16-27-75-51(92)24-22-44(78-38(8)90)61(102)87-49(32-53(95)96)66(107)85-47(64(105)81-42)30-39-33-74-34-77-39/h33-37,40-49,54-55H,9-32,69H2,1-8H3,(H2,70,91)(H2,71,97)(H,74,77)(H,75,92)(H,78,90)(H,79,99)(H,80,104)(H,81,105)(H,82,106)(H,83,98)(H,84,100)(H,85,107)(H,86,101)(H,87,102)(H,88,108)(H,89,103)(H,93,94)(H,95,96)(H4,72,73,76)/t36-,37-,40-,41-,42-,43-,44-,45-,46-,47-,48-,49-,54-,55-/m0/s1. The Morgan fingerprint density at radius 3 is 1.64 bits per heavy atom. The molecule has 14 atom stereocenters. The predicted molar refractivity (Wildman–Crippen MR) is 390 cm³/mol. The number of aliphatic imine (C=N–C) groups is 1. The molecule has 1 fully saturated rings. The summed E-state index contributed by atoms with van der Waals surface area (Å²) >= 11 is 0. The average molecular weight is 1530 g/mol. The maximum Gasteiger partial charge on any atom is 0.305 e. The van der Waals surface area contributed by atoms with Crippen LogP contribution in [0.3, 0.4) is 0 Å². The first-order chi connectivity index (χ1) is 50.9. The lowest BCUT2D eigenvalue weighted by molar-refractivity contribution is -0.141. The maximum absolute atomic E-state index is 14.7. The number of aliphatic carboxylic acids is 2. The Morgan fingerprint density at radius 2 is 1.12 bits per heavy atom. The Hall–Kier alpha value is -10.6. The fourth-order valence-corrected chi connectivity index (χ4v) is 11.3. The van der Waals surface area contributed by atoms with Gasteiger partial charge in [0.1, 0.15) is 72.5 Å². The maximum atomic E-state index is 14.7. The van der Waals surface area contributed by atoms with Crippen LogP contribution in [0.1, 0.15) is 190 Å². The van der Waals surface area contributed by atoms with Crippen LogP contribution in [-0.2, 0) is 87.9 Å². The summed E-state index contributed by atoms with van der Waals surface area (Å²) in [6.07, 6.45) is 0.176. The minimum atomic E-state index is -1.91. The van der Waals surface area contributed by atoms with Gasteiger partial charge in [-0.25, -0.2) is 4.98 Å². The van der Waals surface area contributed by atoms with Crippen molar-refractivity contribution < 1.29 is 91.7 Å². The summed E-state index contributed by atoms with van der Waals surface area (Å²) in [4.78, 5) is 242. The fourth-order valence-electron chi connectivity index (χ4n) is 11.3. The highest BCUT2D eigenvalue weighted by Crippen LogP contribution is 2.17. The van der Waals surface area contributed by atoms with Crippen LogP contribution < -0.4 is 97.8 Å². The molecule has 2 rings (SSSR count). The molecule has 0 radical (unpaired) electrons. The highest BCUT2D eigenvalue weighted by atomic mass is 16.4. The van der Waals surface area contributed by atoms with Crippen molar-refractivity contribution in [2.75, 3.05) is 19.6 Å². The Balaban J connectivity index is 2.64. The Morgan fingerprint density at radius 1 is 0.593 bits per heavy atom. The molecule has 1 aromatic heterocycles. The number of carboxylic acids is 2. The van der Waals surface area contributed by atoms with E-state index in [2.05, 4.69) is 84.1 Å². The monoisotopic (exact) mass is 1530 g/mol. The number of guanidine groups is 1. The van der Waals surface area contributed by atoms with Crippen molar-refractivity contribution >= 4 is 107 Å². The van der Waals surface area contributed by atoms with Crippen molar-refractivity contribution in [1.82, 2.24) is 79.1 Å². The van der Waals surface area contributed by atoms with E-state index in [1.807, 2.05) is 0 Å². The van der Waals surface area contributed by atoms with E-state index in [0.29, 0.717) is 32.1 Å². The molecule has 40 heteroatoms. The van der Waals surface area contributed by atoms with Crippen LogP contribution in [0, 0.1) is 17.8 Å². The topological polar surface area (TPSA) is 658 Å². The van der Waals surface area contributed by atoms with Gasteiger partial charge in [-0.15, -0.1) is 0 Å². The fraction of sp³-hybridized carbons (Fsp3) is 0.691. The van der Waals surface area contributed by atoms with E-state index in [4.69, 9.17) is 28.7 Å². The number of hydrogen-bond acceptors (Lipinski definition) is 20. The van der Waals surface area contributed by atoms with Gasteiger partial charge in [-0.05, 0) is 101 Å². The van der Waals surface area contributed by atoms with Gasteiger partial charge in [0, 0.05) is 51.2 Å². The molecular weight excluding hydrogens is 1410 g/mol. The van der Waals surface area contributed by atoms with Crippen molar-refractivity contribution in [2.24, 2.45) is 51.4 Å². The van der Waals surface area contributed by atoms with E-state index in [-0.39, 0.29) is 120 Å². The Kier molecular flexibility index (Phi) is 42.7. The van der Waals surface area contributed by atoms with Gasteiger partial charge in [0.15, 0.2) is 5.96 Å². The van der Waals surface area contributed by atoms with Gasteiger partial charge < -0.3 is 113 Å². The summed E-state index contributed by atoms with van der Waals surface area (Å²) in [7, 11) is 0. The summed E-state index contributed by atoms with van der Waals surface area (Å²) in [5.41, 5.74) is 28.5. The van der Waals surface area contributed by atoms with Crippen molar-refractivity contribution in [2.45, 2.75) is 263 Å². The number of aromatic nitrogens is 2. The van der Waals surface area contributed by atoms with Gasteiger partial charge in [-0.2, -0.15) is 0 Å². The molecule has 0 spiro atoms. The smallest absolute Gasteiger partial charge is 0.305 e. The zero-order valence-electron chi connectivity index (χ0n) is 62.9. The molecule has 0 unspecified atom stereocenters. The van der Waals surface area contributed by atoms with E-state index in [1.165, 1.54) is 12.5 Å². The zero-order chi connectivity index (χ0) is 81.3. The lowest BCUT2D eigenvalue weighted by Gasteiger charge is -2.30. The number of unbranched alkanes of at least 4 members (excludes halogenated alkanes) is 2. The molecule has 26 N–H and O–H groups in total. The number of rotatable bonds is 44. The summed E-state index contributed by atoms with van der Waals surface area (Å²) in [6, 6.07) is -18.4. The Bertz CT molecular complexity index is 3240. The predicted octanol–water partition coefficient (Wildman–Crippen LogP) is -4.92. The normalized spacial score (nSPS) is 18.7. The molecule has 1 aliphatic rings. The molecule has 40 nitrogen and oxygen atoms in total. The summed E-state index contributed by atoms with van der Waals surface area (Å²) < 4.78 is 0. The largest absolute Gasteiger partial charge is 0.481 e. The second-order valence-corrected chi connectivity index (χ2v) is 27.3. The lowest BCUT2D eigenvalue weighted by Crippen LogP contribution is -2.61. The number of carboxylic acid groups (broad SMARTS) is 2. The number of amides is 15. The number of H-pyrrole nitrogens is 1. The van der Waals surface area contributed by atoms with Crippen molar-refractivity contribution in [3.05, 3.63) is 18.2 Å². The SMILES string of the molecule is CCCC[C@H](NC(=O)[C@H](CC(C)C)NC(=O)[C@H](CCCCN)NC(=O)[C@H](CCCN=C(N)N)NC(=O)[C@H](CC(N)=O)NC(=O)[C@@H]1CCCCNC(=O)CC[C@H](NC(C)=O)C(=O)N[C@@H](CC(=O)O)C(=O)N[C@@H](Cc2cnc[nH]2)C(=O)N1)C(=O)N[C@@H](CCC(=O)O)C(=O)N[C@H](C(=O)N[C@H](C(N)=O)[C@@H](C)CC)[C@@H](C)CC. The zero-order valence-corrected chi connectivity index (χ0v) is 62.9. The minimum absolute atomic E-state index is 0.0153. The van der Waals surface area contributed by atoms with Crippen LogP contribution in [-0.4, -0.2) is 219 Å². The van der Waals surface area contributed by atoms with Gasteiger partial charge in [0.25, 0.3) is 0 Å². The minimum Gasteiger partial charge on any atom is -0.481 e. The van der Waals surface area contributed by atoms with Gasteiger partial charge in [-0.1, -0.05) is 74.1 Å². The van der Waals surface area contributed by atoms with Gasteiger partial charge in [0.2, 0.25) is 88.6 Å². The first-order valence-corrected chi connectivity index (χ1v) is 36.6.